The summed E-state index contributed by atoms with van der Waals surface area (Å²) in [6, 6.07) is 7.95. The topological polar surface area (TPSA) is 61.4 Å². The van der Waals surface area contributed by atoms with Crippen molar-refractivity contribution in [1.29, 1.82) is 0 Å². The van der Waals surface area contributed by atoms with Crippen molar-refractivity contribution in [2.45, 2.75) is 32.0 Å². The summed E-state index contributed by atoms with van der Waals surface area (Å²) in [7, 11) is 0. The van der Waals surface area contributed by atoms with Crippen LogP contribution in [0, 0.1) is 0 Å². The molecule has 1 amide bonds. The van der Waals surface area contributed by atoms with Crippen molar-refractivity contribution in [1.82, 2.24) is 10.6 Å². The minimum atomic E-state index is -0.505. The molecule has 1 aliphatic heterocycles. The number of nitrogens with one attached hydrogen (secondary N) is 2. The number of hydrogen-bond acceptors (Lipinski definition) is 3. The van der Waals surface area contributed by atoms with Gasteiger partial charge in [-0.2, -0.15) is 0 Å². The van der Waals surface area contributed by atoms with Crippen molar-refractivity contribution < 1.29 is 9.90 Å². The first-order valence-corrected chi connectivity index (χ1v) is 5.93. The van der Waals surface area contributed by atoms with Crippen LogP contribution in [0.25, 0.3) is 0 Å². The molecule has 2 atom stereocenters. The minimum absolute atomic E-state index is 0.0413. The third-order valence-electron chi connectivity index (χ3n) is 2.97. The Morgan fingerprint density at radius 3 is 2.94 bits per heavy atom. The second-order valence-corrected chi connectivity index (χ2v) is 4.50. The van der Waals surface area contributed by atoms with Crippen LogP contribution in [0.15, 0.2) is 24.3 Å². The Labute approximate surface area is 101 Å². The summed E-state index contributed by atoms with van der Waals surface area (Å²) in [5, 5.41) is 15.1. The average Bonchev–Trinajstić information content (AvgIpc) is 2.35. The van der Waals surface area contributed by atoms with Gasteiger partial charge in [0.05, 0.1) is 12.1 Å². The van der Waals surface area contributed by atoms with Crippen molar-refractivity contribution in [3.63, 3.8) is 0 Å². The number of hydrogen-bond donors (Lipinski definition) is 3. The highest BCUT2D eigenvalue weighted by Crippen LogP contribution is 2.16. The van der Waals surface area contributed by atoms with E-state index >= 15 is 0 Å². The van der Waals surface area contributed by atoms with Crippen LogP contribution in [0.5, 0.6) is 0 Å². The molecule has 0 bridgehead atoms. The Morgan fingerprint density at radius 2 is 2.24 bits per heavy atom. The number of fused-ring (bicyclic) bond motifs is 1. The van der Waals surface area contributed by atoms with Crippen molar-refractivity contribution in [3.8, 4) is 0 Å². The van der Waals surface area contributed by atoms with E-state index in [0.717, 1.165) is 6.54 Å². The molecule has 0 saturated carbocycles. The normalized spacial score (nSPS) is 20.5. The Morgan fingerprint density at radius 1 is 1.53 bits per heavy atom. The molecule has 0 spiro atoms. The SMILES string of the molecule is C[C@H](O)CNC(=O)[C@@H]1Cc2ccccc2CN1. The van der Waals surface area contributed by atoms with Crippen LogP contribution < -0.4 is 10.6 Å². The molecule has 17 heavy (non-hydrogen) atoms. The monoisotopic (exact) mass is 234 g/mol. The Balaban J connectivity index is 1.95. The van der Waals surface area contributed by atoms with E-state index in [4.69, 9.17) is 5.11 Å². The van der Waals surface area contributed by atoms with Gasteiger partial charge >= 0.3 is 0 Å². The molecule has 1 aromatic carbocycles. The summed E-state index contributed by atoms with van der Waals surface area (Å²) in [5.41, 5.74) is 2.48. The van der Waals surface area contributed by atoms with Gasteiger partial charge < -0.3 is 15.7 Å². The Kier molecular flexibility index (Phi) is 3.76. The number of aliphatic hydroxyl groups is 1. The van der Waals surface area contributed by atoms with Crippen molar-refractivity contribution >= 4 is 5.91 Å². The van der Waals surface area contributed by atoms with E-state index in [-0.39, 0.29) is 11.9 Å². The molecule has 92 valence electrons. The smallest absolute Gasteiger partial charge is 0.237 e. The standard InChI is InChI=1S/C13H18N2O2/c1-9(16)7-15-13(17)12-6-10-4-2-3-5-11(10)8-14-12/h2-5,9,12,14,16H,6-8H2,1H3,(H,15,17)/t9-,12-/m0/s1. The van der Waals surface area contributed by atoms with Gasteiger partial charge in [-0.25, -0.2) is 0 Å². The molecular formula is C13H18N2O2. The zero-order valence-electron chi connectivity index (χ0n) is 9.94. The molecule has 0 radical (unpaired) electrons. The van der Waals surface area contributed by atoms with E-state index in [9.17, 15) is 4.79 Å². The first-order chi connectivity index (χ1) is 8.16. The third-order valence-corrected chi connectivity index (χ3v) is 2.97. The number of rotatable bonds is 3. The number of benzene rings is 1. The lowest BCUT2D eigenvalue weighted by Crippen LogP contribution is -2.48. The van der Waals surface area contributed by atoms with Crippen LogP contribution in [0.3, 0.4) is 0 Å². The van der Waals surface area contributed by atoms with Gasteiger partial charge in [-0.1, -0.05) is 24.3 Å². The van der Waals surface area contributed by atoms with Crippen LogP contribution in [0.4, 0.5) is 0 Å². The zero-order valence-corrected chi connectivity index (χ0v) is 9.94. The number of carbonyl (C=O) groups is 1. The minimum Gasteiger partial charge on any atom is -0.392 e. The van der Waals surface area contributed by atoms with E-state index in [0.29, 0.717) is 13.0 Å². The summed E-state index contributed by atoms with van der Waals surface area (Å²) in [5.74, 6) is -0.0413. The van der Waals surface area contributed by atoms with Gasteiger partial charge in [-0.05, 0) is 24.5 Å². The van der Waals surface area contributed by atoms with E-state index < -0.39 is 6.10 Å². The summed E-state index contributed by atoms with van der Waals surface area (Å²) in [6.07, 6.45) is 0.205. The molecule has 1 aromatic rings. The summed E-state index contributed by atoms with van der Waals surface area (Å²) < 4.78 is 0. The second-order valence-electron chi connectivity index (χ2n) is 4.50. The fraction of sp³-hybridized carbons (Fsp3) is 0.462. The molecule has 4 heteroatoms. The van der Waals surface area contributed by atoms with Crippen LogP contribution in [0.1, 0.15) is 18.1 Å². The van der Waals surface area contributed by atoms with Gasteiger partial charge in [-0.15, -0.1) is 0 Å². The molecule has 2 rings (SSSR count). The molecule has 4 nitrogen and oxygen atoms in total. The Bertz CT molecular complexity index is 404. The molecule has 0 fully saturated rings. The van der Waals surface area contributed by atoms with Gasteiger partial charge in [0, 0.05) is 13.1 Å². The van der Waals surface area contributed by atoms with Gasteiger partial charge in [0.15, 0.2) is 0 Å². The predicted molar refractivity (Wildman–Crippen MR) is 65.5 cm³/mol. The lowest BCUT2D eigenvalue weighted by Gasteiger charge is -2.25. The maximum atomic E-state index is 11.8. The highest BCUT2D eigenvalue weighted by atomic mass is 16.3. The number of aliphatic hydroxyl groups excluding tert-OH is 1. The molecule has 3 N–H and O–H groups in total. The van der Waals surface area contributed by atoms with E-state index in [1.165, 1.54) is 11.1 Å². The maximum absolute atomic E-state index is 11.8. The average molecular weight is 234 g/mol. The first kappa shape index (κ1) is 12.1. The number of amides is 1. The first-order valence-electron chi connectivity index (χ1n) is 5.93. The summed E-state index contributed by atoms with van der Waals surface area (Å²) >= 11 is 0. The summed E-state index contributed by atoms with van der Waals surface area (Å²) in [4.78, 5) is 11.8. The molecule has 0 saturated heterocycles. The van der Waals surface area contributed by atoms with Crippen molar-refractivity contribution in [2.24, 2.45) is 0 Å². The molecular weight excluding hydrogens is 216 g/mol. The van der Waals surface area contributed by atoms with Crippen LogP contribution in [0.2, 0.25) is 0 Å². The van der Waals surface area contributed by atoms with Gasteiger partial charge in [0.25, 0.3) is 0 Å². The van der Waals surface area contributed by atoms with E-state index in [1.54, 1.807) is 6.92 Å². The fourth-order valence-corrected chi connectivity index (χ4v) is 2.01. The highest BCUT2D eigenvalue weighted by Gasteiger charge is 2.23. The fourth-order valence-electron chi connectivity index (χ4n) is 2.01. The third kappa shape index (κ3) is 3.05. The lowest BCUT2D eigenvalue weighted by molar-refractivity contribution is -0.123. The molecule has 1 heterocycles. The highest BCUT2D eigenvalue weighted by molar-refractivity contribution is 5.82. The van der Waals surface area contributed by atoms with E-state index in [2.05, 4.69) is 22.8 Å². The lowest BCUT2D eigenvalue weighted by atomic mass is 9.95. The van der Waals surface area contributed by atoms with Gasteiger partial charge in [0.2, 0.25) is 5.91 Å². The van der Waals surface area contributed by atoms with Crippen LogP contribution >= 0.6 is 0 Å². The Hall–Kier alpha value is -1.39. The predicted octanol–water partition coefficient (Wildman–Crippen LogP) is 0.198. The zero-order chi connectivity index (χ0) is 12.3. The van der Waals surface area contributed by atoms with Crippen LogP contribution in [-0.4, -0.2) is 29.7 Å². The maximum Gasteiger partial charge on any atom is 0.237 e. The van der Waals surface area contributed by atoms with Crippen molar-refractivity contribution in [3.05, 3.63) is 35.4 Å². The van der Waals surface area contributed by atoms with E-state index in [1.807, 2.05) is 12.1 Å². The molecule has 0 unspecified atom stereocenters. The molecule has 0 aromatic heterocycles. The van der Waals surface area contributed by atoms with Gasteiger partial charge in [0.1, 0.15) is 0 Å². The van der Waals surface area contributed by atoms with Crippen LogP contribution in [-0.2, 0) is 17.8 Å². The quantitative estimate of drug-likeness (QED) is 0.700. The van der Waals surface area contributed by atoms with Gasteiger partial charge in [-0.3, -0.25) is 4.79 Å². The number of carbonyl (C=O) groups excluding carboxylic acids is 1. The molecule has 1 aliphatic rings. The second kappa shape index (κ2) is 5.29. The summed E-state index contributed by atoms with van der Waals surface area (Å²) in [6.45, 7) is 2.69. The largest absolute Gasteiger partial charge is 0.392 e. The van der Waals surface area contributed by atoms with Crippen molar-refractivity contribution in [2.75, 3.05) is 6.54 Å². The molecule has 0 aliphatic carbocycles.